The highest BCUT2D eigenvalue weighted by atomic mass is 35.5. The summed E-state index contributed by atoms with van der Waals surface area (Å²) in [5.41, 5.74) is 1.99. The summed E-state index contributed by atoms with van der Waals surface area (Å²) in [5.74, 6) is -0.766. The Labute approximate surface area is 167 Å². The van der Waals surface area contributed by atoms with Crippen LogP contribution in [0.4, 0.5) is 11.4 Å². The van der Waals surface area contributed by atoms with Crippen molar-refractivity contribution in [2.45, 2.75) is 26.3 Å². The highest BCUT2D eigenvalue weighted by Gasteiger charge is 2.35. The summed E-state index contributed by atoms with van der Waals surface area (Å²) in [4.78, 5) is 31.1. The van der Waals surface area contributed by atoms with Gasteiger partial charge in [-0.05, 0) is 32.0 Å². The molecule has 2 amide bonds. The van der Waals surface area contributed by atoms with Crippen LogP contribution in [0.25, 0.3) is 11.0 Å². The molecule has 0 unspecified atom stereocenters. The first kappa shape index (κ1) is 18.4. The molecule has 28 heavy (non-hydrogen) atoms. The molecule has 1 aliphatic rings. The number of fused-ring (bicyclic) bond motifs is 1. The predicted octanol–water partition coefficient (Wildman–Crippen LogP) is 3.66. The first-order valence-electron chi connectivity index (χ1n) is 9.13. The number of nitrogens with zero attached hydrogens (tertiary/aromatic N) is 4. The van der Waals surface area contributed by atoms with E-state index in [4.69, 9.17) is 11.6 Å². The summed E-state index contributed by atoms with van der Waals surface area (Å²) in [6.45, 7) is 4.37. The smallest absolute Gasteiger partial charge is 0.229 e. The van der Waals surface area contributed by atoms with Gasteiger partial charge in [0, 0.05) is 24.4 Å². The van der Waals surface area contributed by atoms with Gasteiger partial charge in [0.15, 0.2) is 5.65 Å². The summed E-state index contributed by atoms with van der Waals surface area (Å²) < 4.78 is 1.83. The Morgan fingerprint density at radius 1 is 1.29 bits per heavy atom. The minimum atomic E-state index is -0.446. The van der Waals surface area contributed by atoms with E-state index in [1.165, 1.54) is 0 Å². The molecule has 4 rings (SSSR count). The Hall–Kier alpha value is -2.93. The first-order valence-corrected chi connectivity index (χ1v) is 9.51. The van der Waals surface area contributed by atoms with E-state index in [0.717, 1.165) is 11.0 Å². The zero-order valence-corrected chi connectivity index (χ0v) is 16.3. The normalized spacial score (nSPS) is 16.9. The second-order valence-electron chi connectivity index (χ2n) is 7.17. The summed E-state index contributed by atoms with van der Waals surface area (Å²) >= 11 is 6.20. The molecule has 3 heterocycles. The van der Waals surface area contributed by atoms with Crippen LogP contribution in [-0.2, 0) is 9.59 Å². The van der Waals surface area contributed by atoms with E-state index in [-0.39, 0.29) is 24.3 Å². The Balaban J connectivity index is 1.49. The Kier molecular flexibility index (Phi) is 4.77. The number of carbonyl (C=O) groups excluding carboxylic acids is 2. The van der Waals surface area contributed by atoms with Gasteiger partial charge in [0.05, 0.1) is 34.7 Å². The fourth-order valence-electron chi connectivity index (χ4n) is 3.42. The van der Waals surface area contributed by atoms with Crippen LogP contribution in [0.5, 0.6) is 0 Å². The Bertz CT molecular complexity index is 1060. The minimum Gasteiger partial charge on any atom is -0.324 e. The molecule has 0 radical (unpaired) electrons. The highest BCUT2D eigenvalue weighted by Crippen LogP contribution is 2.31. The van der Waals surface area contributed by atoms with Crippen molar-refractivity contribution in [3.63, 3.8) is 0 Å². The van der Waals surface area contributed by atoms with Crippen LogP contribution >= 0.6 is 11.6 Å². The van der Waals surface area contributed by atoms with Crippen LogP contribution < -0.4 is 10.2 Å². The number of hydrogen-bond donors (Lipinski definition) is 1. The molecule has 1 N–H and O–H groups in total. The third kappa shape index (κ3) is 3.33. The maximum absolute atomic E-state index is 12.7. The molecule has 2 aromatic heterocycles. The summed E-state index contributed by atoms with van der Waals surface area (Å²) in [6, 6.07) is 9.18. The number of hydrogen-bond acceptors (Lipinski definition) is 4. The Morgan fingerprint density at radius 2 is 2.07 bits per heavy atom. The molecular formula is C20H20ClN5O2. The van der Waals surface area contributed by atoms with Crippen LogP contribution in [-0.4, -0.2) is 33.1 Å². The SMILES string of the molecule is CC(C)n1ncc2cc(NC(=O)[C@@H]3CC(=O)N(c4ccccc4Cl)C3)cnc21. The second kappa shape index (κ2) is 7.24. The molecule has 1 saturated heterocycles. The van der Waals surface area contributed by atoms with Gasteiger partial charge in [-0.2, -0.15) is 5.10 Å². The average molecular weight is 398 g/mol. The van der Waals surface area contributed by atoms with Crippen LogP contribution in [0.3, 0.4) is 0 Å². The number of carbonyl (C=O) groups is 2. The van der Waals surface area contributed by atoms with Crippen molar-refractivity contribution >= 4 is 45.8 Å². The van der Waals surface area contributed by atoms with E-state index in [1.807, 2.05) is 30.7 Å². The number of halogens is 1. The molecular weight excluding hydrogens is 378 g/mol. The van der Waals surface area contributed by atoms with Gasteiger partial charge in [-0.1, -0.05) is 23.7 Å². The van der Waals surface area contributed by atoms with Crippen molar-refractivity contribution in [3.8, 4) is 0 Å². The fraction of sp³-hybridized carbons (Fsp3) is 0.300. The van der Waals surface area contributed by atoms with Gasteiger partial charge in [0.2, 0.25) is 11.8 Å². The molecule has 0 saturated carbocycles. The predicted molar refractivity (Wildman–Crippen MR) is 108 cm³/mol. The van der Waals surface area contributed by atoms with E-state index >= 15 is 0 Å². The van der Waals surface area contributed by atoms with Gasteiger partial charge >= 0.3 is 0 Å². The van der Waals surface area contributed by atoms with Crippen molar-refractivity contribution < 1.29 is 9.59 Å². The molecule has 7 nitrogen and oxygen atoms in total. The number of anilines is 2. The van der Waals surface area contributed by atoms with Crippen molar-refractivity contribution in [2.75, 3.05) is 16.8 Å². The molecule has 0 spiro atoms. The average Bonchev–Trinajstić information content (AvgIpc) is 3.25. The summed E-state index contributed by atoms with van der Waals surface area (Å²) in [6.07, 6.45) is 3.50. The standard InChI is InChI=1S/C20H20ClN5O2/c1-12(2)26-19-13(9-23-26)7-15(10-22-19)24-20(28)14-8-18(27)25(11-14)17-6-4-3-5-16(17)21/h3-7,9-10,12,14H,8,11H2,1-2H3,(H,24,28)/t14-/m1/s1. The fourth-order valence-corrected chi connectivity index (χ4v) is 3.66. The molecule has 1 fully saturated rings. The van der Waals surface area contributed by atoms with Crippen LogP contribution in [0.15, 0.2) is 42.7 Å². The molecule has 1 aromatic carbocycles. The molecule has 0 bridgehead atoms. The van der Waals surface area contributed by atoms with Gasteiger partial charge < -0.3 is 10.2 Å². The quantitative estimate of drug-likeness (QED) is 0.728. The van der Waals surface area contributed by atoms with Gasteiger partial charge in [-0.15, -0.1) is 0 Å². The molecule has 3 aromatic rings. The number of aromatic nitrogens is 3. The first-order chi connectivity index (χ1) is 13.4. The van der Waals surface area contributed by atoms with Crippen molar-refractivity contribution in [1.82, 2.24) is 14.8 Å². The molecule has 144 valence electrons. The second-order valence-corrected chi connectivity index (χ2v) is 7.57. The minimum absolute atomic E-state index is 0.111. The lowest BCUT2D eigenvalue weighted by atomic mass is 10.1. The van der Waals surface area contributed by atoms with Gasteiger partial charge in [-0.3, -0.25) is 9.59 Å². The zero-order valence-electron chi connectivity index (χ0n) is 15.6. The lowest BCUT2D eigenvalue weighted by Crippen LogP contribution is -2.28. The largest absolute Gasteiger partial charge is 0.324 e. The van der Waals surface area contributed by atoms with E-state index in [0.29, 0.717) is 22.9 Å². The number of pyridine rings is 1. The van der Waals surface area contributed by atoms with E-state index in [9.17, 15) is 9.59 Å². The summed E-state index contributed by atoms with van der Waals surface area (Å²) in [5, 5.41) is 8.55. The lowest BCUT2D eigenvalue weighted by Gasteiger charge is -2.18. The molecule has 0 aliphatic carbocycles. The van der Waals surface area contributed by atoms with Gasteiger partial charge in [-0.25, -0.2) is 9.67 Å². The lowest BCUT2D eigenvalue weighted by molar-refractivity contribution is -0.122. The number of amides is 2. The van der Waals surface area contributed by atoms with Gasteiger partial charge in [0.1, 0.15) is 0 Å². The molecule has 1 aliphatic heterocycles. The van der Waals surface area contributed by atoms with Gasteiger partial charge in [0.25, 0.3) is 0 Å². The number of para-hydroxylation sites is 1. The number of benzene rings is 1. The maximum atomic E-state index is 12.7. The Morgan fingerprint density at radius 3 is 2.82 bits per heavy atom. The van der Waals surface area contributed by atoms with Crippen molar-refractivity contribution in [2.24, 2.45) is 5.92 Å². The van der Waals surface area contributed by atoms with E-state index in [2.05, 4.69) is 15.4 Å². The molecule has 1 atom stereocenters. The van der Waals surface area contributed by atoms with Crippen LogP contribution in [0.2, 0.25) is 5.02 Å². The zero-order chi connectivity index (χ0) is 19.8. The number of nitrogens with one attached hydrogen (secondary N) is 1. The third-order valence-corrected chi connectivity index (χ3v) is 5.15. The highest BCUT2D eigenvalue weighted by molar-refractivity contribution is 6.33. The maximum Gasteiger partial charge on any atom is 0.229 e. The van der Waals surface area contributed by atoms with E-state index < -0.39 is 5.92 Å². The topological polar surface area (TPSA) is 80.1 Å². The van der Waals surface area contributed by atoms with E-state index in [1.54, 1.807) is 35.5 Å². The molecule has 8 heteroatoms. The van der Waals surface area contributed by atoms with Crippen LogP contribution in [0, 0.1) is 5.92 Å². The third-order valence-electron chi connectivity index (χ3n) is 4.83. The summed E-state index contributed by atoms with van der Waals surface area (Å²) in [7, 11) is 0. The van der Waals surface area contributed by atoms with Crippen molar-refractivity contribution in [1.29, 1.82) is 0 Å². The van der Waals surface area contributed by atoms with Crippen LogP contribution in [0.1, 0.15) is 26.3 Å². The number of rotatable bonds is 4. The van der Waals surface area contributed by atoms with Crippen molar-refractivity contribution in [3.05, 3.63) is 47.7 Å². The monoisotopic (exact) mass is 397 g/mol.